The Kier molecular flexibility index (Phi) is 3.67. The predicted molar refractivity (Wildman–Crippen MR) is 83.8 cm³/mol. The molecule has 22 heavy (non-hydrogen) atoms. The smallest absolute Gasteiger partial charge is 0.306 e. The van der Waals surface area contributed by atoms with Gasteiger partial charge in [0.2, 0.25) is 5.91 Å². The van der Waals surface area contributed by atoms with Crippen LogP contribution in [0.15, 0.2) is 48.8 Å². The van der Waals surface area contributed by atoms with E-state index in [9.17, 15) is 14.9 Å². The SMILES string of the molecule is O=C(/C=C/c1ccc([N+](=O)[O-])s1)Nc1cn2ccccc2n1. The van der Waals surface area contributed by atoms with Crippen LogP contribution in [0.5, 0.6) is 0 Å². The number of carbonyl (C=O) groups excluding carboxylic acids is 1. The largest absolute Gasteiger partial charge is 0.324 e. The van der Waals surface area contributed by atoms with Crippen LogP contribution in [-0.2, 0) is 4.79 Å². The van der Waals surface area contributed by atoms with Gasteiger partial charge in [0.15, 0.2) is 5.82 Å². The number of nitrogens with zero attached hydrogens (tertiary/aromatic N) is 3. The van der Waals surface area contributed by atoms with Crippen molar-refractivity contribution in [1.82, 2.24) is 9.38 Å². The second kappa shape index (κ2) is 5.78. The fourth-order valence-electron chi connectivity index (χ4n) is 1.85. The summed E-state index contributed by atoms with van der Waals surface area (Å²) in [6.07, 6.45) is 6.39. The molecule has 0 aromatic carbocycles. The lowest BCUT2D eigenvalue weighted by Crippen LogP contribution is -2.07. The number of anilines is 1. The number of thiophene rings is 1. The maximum Gasteiger partial charge on any atom is 0.324 e. The third-order valence-electron chi connectivity index (χ3n) is 2.81. The fourth-order valence-corrected chi connectivity index (χ4v) is 2.57. The summed E-state index contributed by atoms with van der Waals surface area (Å²) in [5, 5.41) is 13.3. The second-order valence-corrected chi connectivity index (χ2v) is 5.44. The minimum Gasteiger partial charge on any atom is -0.306 e. The molecule has 0 aliphatic carbocycles. The van der Waals surface area contributed by atoms with Gasteiger partial charge in [0.25, 0.3) is 0 Å². The fraction of sp³-hybridized carbons (Fsp3) is 0. The molecule has 1 amide bonds. The number of carbonyl (C=O) groups is 1. The number of hydrogen-bond donors (Lipinski definition) is 1. The van der Waals surface area contributed by atoms with E-state index in [1.54, 1.807) is 16.7 Å². The summed E-state index contributed by atoms with van der Waals surface area (Å²) in [6, 6.07) is 8.56. The minimum atomic E-state index is -0.460. The van der Waals surface area contributed by atoms with Gasteiger partial charge in [-0.2, -0.15) is 0 Å². The summed E-state index contributed by atoms with van der Waals surface area (Å²) < 4.78 is 1.79. The molecular formula is C14H10N4O3S. The Hall–Kier alpha value is -3.00. The van der Waals surface area contributed by atoms with Gasteiger partial charge in [-0.25, -0.2) is 4.98 Å². The van der Waals surface area contributed by atoms with Crippen LogP contribution in [0.2, 0.25) is 0 Å². The van der Waals surface area contributed by atoms with Crippen molar-refractivity contribution < 1.29 is 9.72 Å². The molecule has 0 fully saturated rings. The maximum absolute atomic E-state index is 11.8. The zero-order valence-corrected chi connectivity index (χ0v) is 12.0. The van der Waals surface area contributed by atoms with Crippen molar-refractivity contribution in [1.29, 1.82) is 0 Å². The first kappa shape index (κ1) is 14.0. The third kappa shape index (κ3) is 3.01. The summed E-state index contributed by atoms with van der Waals surface area (Å²) >= 11 is 1.01. The van der Waals surface area contributed by atoms with Gasteiger partial charge in [0, 0.05) is 23.2 Å². The Balaban J connectivity index is 1.68. The molecule has 3 aromatic heterocycles. The first-order chi connectivity index (χ1) is 10.6. The van der Waals surface area contributed by atoms with Gasteiger partial charge in [-0.3, -0.25) is 14.9 Å². The predicted octanol–water partition coefficient (Wildman–Crippen LogP) is 2.96. The number of pyridine rings is 1. The number of fused-ring (bicyclic) bond motifs is 1. The Morgan fingerprint density at radius 1 is 1.36 bits per heavy atom. The van der Waals surface area contributed by atoms with E-state index < -0.39 is 4.92 Å². The molecule has 0 aliphatic rings. The molecule has 0 aliphatic heterocycles. The molecule has 3 rings (SSSR count). The van der Waals surface area contributed by atoms with E-state index in [-0.39, 0.29) is 10.9 Å². The van der Waals surface area contributed by atoms with Gasteiger partial charge >= 0.3 is 5.00 Å². The van der Waals surface area contributed by atoms with Gasteiger partial charge in [0.1, 0.15) is 5.65 Å². The molecule has 0 unspecified atom stereocenters. The summed E-state index contributed by atoms with van der Waals surface area (Å²) in [7, 11) is 0. The van der Waals surface area contributed by atoms with Crippen molar-refractivity contribution in [2.75, 3.05) is 5.32 Å². The van der Waals surface area contributed by atoms with Gasteiger partial charge in [-0.05, 0) is 24.3 Å². The Labute approximate surface area is 128 Å². The Bertz CT molecular complexity index is 848. The maximum atomic E-state index is 11.8. The highest BCUT2D eigenvalue weighted by molar-refractivity contribution is 7.16. The van der Waals surface area contributed by atoms with E-state index >= 15 is 0 Å². The Morgan fingerprint density at radius 2 is 2.23 bits per heavy atom. The zero-order chi connectivity index (χ0) is 15.5. The van der Waals surface area contributed by atoms with E-state index in [1.165, 1.54) is 18.2 Å². The summed E-state index contributed by atoms with van der Waals surface area (Å²) in [4.78, 5) is 26.8. The van der Waals surface area contributed by atoms with E-state index in [1.807, 2.05) is 24.4 Å². The molecule has 7 nitrogen and oxygen atoms in total. The molecule has 0 atom stereocenters. The molecule has 3 aromatic rings. The van der Waals surface area contributed by atoms with Gasteiger partial charge in [-0.15, -0.1) is 0 Å². The van der Waals surface area contributed by atoms with Crippen LogP contribution in [0.4, 0.5) is 10.8 Å². The number of amides is 1. The average Bonchev–Trinajstić information content (AvgIpc) is 3.11. The number of imidazole rings is 1. The first-order valence-electron chi connectivity index (χ1n) is 6.29. The third-order valence-corrected chi connectivity index (χ3v) is 3.81. The summed E-state index contributed by atoms with van der Waals surface area (Å²) in [5.74, 6) is 0.0949. The van der Waals surface area contributed by atoms with Crippen LogP contribution in [0.3, 0.4) is 0 Å². The highest BCUT2D eigenvalue weighted by Gasteiger charge is 2.08. The van der Waals surface area contributed by atoms with Gasteiger partial charge in [0.05, 0.1) is 11.1 Å². The second-order valence-electron chi connectivity index (χ2n) is 4.35. The lowest BCUT2D eigenvalue weighted by Gasteiger charge is -1.94. The van der Waals surface area contributed by atoms with E-state index in [0.29, 0.717) is 10.7 Å². The van der Waals surface area contributed by atoms with Crippen LogP contribution >= 0.6 is 11.3 Å². The quantitative estimate of drug-likeness (QED) is 0.455. The normalized spacial score (nSPS) is 11.1. The van der Waals surface area contributed by atoms with Gasteiger partial charge < -0.3 is 9.72 Å². The molecule has 8 heteroatoms. The lowest BCUT2D eigenvalue weighted by atomic mass is 10.4. The van der Waals surface area contributed by atoms with Crippen LogP contribution in [0, 0.1) is 10.1 Å². The molecule has 0 spiro atoms. The van der Waals surface area contributed by atoms with Gasteiger partial charge in [-0.1, -0.05) is 17.4 Å². The number of hydrogen-bond acceptors (Lipinski definition) is 5. The monoisotopic (exact) mass is 314 g/mol. The van der Waals surface area contributed by atoms with Crippen molar-refractivity contribution in [2.24, 2.45) is 0 Å². The van der Waals surface area contributed by atoms with Crippen molar-refractivity contribution in [2.45, 2.75) is 0 Å². The van der Waals surface area contributed by atoms with Crippen molar-refractivity contribution in [3.8, 4) is 0 Å². The molecule has 0 radical (unpaired) electrons. The summed E-state index contributed by atoms with van der Waals surface area (Å²) in [6.45, 7) is 0. The number of nitro groups is 1. The molecule has 1 N–H and O–H groups in total. The van der Waals surface area contributed by atoms with Crippen LogP contribution in [-0.4, -0.2) is 20.2 Å². The van der Waals surface area contributed by atoms with E-state index in [4.69, 9.17) is 0 Å². The topological polar surface area (TPSA) is 89.5 Å². The van der Waals surface area contributed by atoms with Crippen molar-refractivity contribution in [3.63, 3.8) is 0 Å². The Morgan fingerprint density at radius 3 is 2.95 bits per heavy atom. The lowest BCUT2D eigenvalue weighted by molar-refractivity contribution is -0.380. The van der Waals surface area contributed by atoms with E-state index in [0.717, 1.165) is 17.0 Å². The standard InChI is InChI=1S/C14H10N4O3S/c19-13(6-4-10-5-7-14(22-10)18(20)21)16-11-9-17-8-2-1-3-12(17)15-11/h1-9H,(H,16,19)/b6-4+. The zero-order valence-electron chi connectivity index (χ0n) is 11.2. The van der Waals surface area contributed by atoms with Crippen molar-refractivity contribution in [3.05, 3.63) is 63.8 Å². The van der Waals surface area contributed by atoms with E-state index in [2.05, 4.69) is 10.3 Å². The molecule has 0 bridgehead atoms. The van der Waals surface area contributed by atoms with Crippen molar-refractivity contribution >= 4 is 39.8 Å². The minimum absolute atomic E-state index is 0.0420. The van der Waals surface area contributed by atoms with Crippen LogP contribution < -0.4 is 5.32 Å². The van der Waals surface area contributed by atoms with Crippen LogP contribution in [0.25, 0.3) is 11.7 Å². The average molecular weight is 314 g/mol. The molecule has 110 valence electrons. The number of rotatable bonds is 4. The highest BCUT2D eigenvalue weighted by Crippen LogP contribution is 2.24. The summed E-state index contributed by atoms with van der Waals surface area (Å²) in [5.41, 5.74) is 0.732. The molecule has 0 saturated heterocycles. The molecule has 3 heterocycles. The first-order valence-corrected chi connectivity index (χ1v) is 7.10. The molecular weight excluding hydrogens is 304 g/mol. The molecule has 0 saturated carbocycles. The highest BCUT2D eigenvalue weighted by atomic mass is 32.1. The van der Waals surface area contributed by atoms with Crippen LogP contribution in [0.1, 0.15) is 4.88 Å². The number of nitrogens with one attached hydrogen (secondary N) is 1. The number of aromatic nitrogens is 2.